The third kappa shape index (κ3) is 3.93. The molecule has 0 saturated carbocycles. The molecule has 0 amide bonds. The van der Waals surface area contributed by atoms with Gasteiger partial charge in [0.15, 0.2) is 0 Å². The summed E-state index contributed by atoms with van der Waals surface area (Å²) < 4.78 is 0. The van der Waals surface area contributed by atoms with Crippen molar-refractivity contribution in [2.45, 2.75) is 38.3 Å². The molecule has 0 radical (unpaired) electrons. The number of hydrogen-bond acceptors (Lipinski definition) is 3. The summed E-state index contributed by atoms with van der Waals surface area (Å²) in [7, 11) is 1.56. The Labute approximate surface area is 97.4 Å². The SMILES string of the molecule is CONC(C)C(C)(O)CCc1ccccc1. The van der Waals surface area contributed by atoms with Crippen molar-refractivity contribution in [1.29, 1.82) is 0 Å². The zero-order valence-corrected chi connectivity index (χ0v) is 10.2. The molecule has 90 valence electrons. The lowest BCUT2D eigenvalue weighted by Crippen LogP contribution is -2.46. The minimum absolute atomic E-state index is 0.0961. The summed E-state index contributed by atoms with van der Waals surface area (Å²) in [6.45, 7) is 3.74. The molecule has 0 heterocycles. The van der Waals surface area contributed by atoms with E-state index in [0.29, 0.717) is 6.42 Å². The second-order valence-electron chi connectivity index (χ2n) is 4.39. The Morgan fingerprint density at radius 1 is 1.38 bits per heavy atom. The smallest absolute Gasteiger partial charge is 0.0795 e. The van der Waals surface area contributed by atoms with Crippen molar-refractivity contribution in [2.24, 2.45) is 0 Å². The Bertz CT molecular complexity index is 298. The molecule has 0 aliphatic rings. The maximum Gasteiger partial charge on any atom is 0.0795 e. The zero-order valence-electron chi connectivity index (χ0n) is 10.2. The van der Waals surface area contributed by atoms with E-state index in [1.54, 1.807) is 7.11 Å². The summed E-state index contributed by atoms with van der Waals surface area (Å²) in [4.78, 5) is 4.83. The van der Waals surface area contributed by atoms with Crippen molar-refractivity contribution in [3.05, 3.63) is 35.9 Å². The van der Waals surface area contributed by atoms with Gasteiger partial charge in [0.05, 0.1) is 18.8 Å². The minimum Gasteiger partial charge on any atom is -0.388 e. The van der Waals surface area contributed by atoms with Gasteiger partial charge in [0.2, 0.25) is 0 Å². The van der Waals surface area contributed by atoms with E-state index in [1.807, 2.05) is 32.0 Å². The molecule has 1 aromatic rings. The normalized spacial score (nSPS) is 16.8. The molecular weight excluding hydrogens is 202 g/mol. The van der Waals surface area contributed by atoms with E-state index in [0.717, 1.165) is 6.42 Å². The van der Waals surface area contributed by atoms with E-state index >= 15 is 0 Å². The fourth-order valence-corrected chi connectivity index (χ4v) is 1.56. The van der Waals surface area contributed by atoms with Gasteiger partial charge in [-0.1, -0.05) is 30.3 Å². The fraction of sp³-hybridized carbons (Fsp3) is 0.538. The van der Waals surface area contributed by atoms with Crippen LogP contribution in [0, 0.1) is 0 Å². The van der Waals surface area contributed by atoms with E-state index in [-0.39, 0.29) is 6.04 Å². The molecule has 2 unspecified atom stereocenters. The zero-order chi connectivity index (χ0) is 12.0. The number of rotatable bonds is 6. The Morgan fingerprint density at radius 3 is 2.56 bits per heavy atom. The van der Waals surface area contributed by atoms with E-state index < -0.39 is 5.60 Å². The van der Waals surface area contributed by atoms with E-state index in [9.17, 15) is 5.11 Å². The van der Waals surface area contributed by atoms with Crippen molar-refractivity contribution in [3.8, 4) is 0 Å². The first-order valence-electron chi connectivity index (χ1n) is 5.61. The third-order valence-corrected chi connectivity index (χ3v) is 2.99. The van der Waals surface area contributed by atoms with Crippen LogP contribution >= 0.6 is 0 Å². The highest BCUT2D eigenvalue weighted by molar-refractivity contribution is 5.15. The number of aliphatic hydroxyl groups is 1. The average Bonchev–Trinajstić information content (AvgIpc) is 2.28. The standard InChI is InChI=1S/C13H21NO2/c1-11(14-16-3)13(2,15)10-9-12-7-5-4-6-8-12/h4-8,11,14-15H,9-10H2,1-3H3. The van der Waals surface area contributed by atoms with Gasteiger partial charge < -0.3 is 9.94 Å². The molecule has 16 heavy (non-hydrogen) atoms. The Hall–Kier alpha value is -0.900. The van der Waals surface area contributed by atoms with E-state index in [4.69, 9.17) is 4.84 Å². The topological polar surface area (TPSA) is 41.5 Å². The van der Waals surface area contributed by atoms with Crippen LogP contribution in [0.5, 0.6) is 0 Å². The molecule has 0 aliphatic heterocycles. The first-order chi connectivity index (χ1) is 7.56. The third-order valence-electron chi connectivity index (χ3n) is 2.99. The van der Waals surface area contributed by atoms with Crippen LogP contribution in [0.4, 0.5) is 0 Å². The fourth-order valence-electron chi connectivity index (χ4n) is 1.56. The quantitative estimate of drug-likeness (QED) is 0.724. The first kappa shape index (κ1) is 13.2. The largest absolute Gasteiger partial charge is 0.388 e. The van der Waals surface area contributed by atoms with Gasteiger partial charge in [-0.15, -0.1) is 0 Å². The maximum absolute atomic E-state index is 10.2. The van der Waals surface area contributed by atoms with Crippen LogP contribution in [0.15, 0.2) is 30.3 Å². The molecule has 0 saturated heterocycles. The van der Waals surface area contributed by atoms with Gasteiger partial charge in [0.25, 0.3) is 0 Å². The number of hydroxylamine groups is 1. The first-order valence-corrected chi connectivity index (χ1v) is 5.61. The second-order valence-corrected chi connectivity index (χ2v) is 4.39. The molecule has 3 nitrogen and oxygen atoms in total. The van der Waals surface area contributed by atoms with E-state index in [1.165, 1.54) is 5.56 Å². The van der Waals surface area contributed by atoms with Crippen molar-refractivity contribution in [1.82, 2.24) is 5.48 Å². The average molecular weight is 223 g/mol. The van der Waals surface area contributed by atoms with Gasteiger partial charge in [-0.3, -0.25) is 0 Å². The van der Waals surface area contributed by atoms with Gasteiger partial charge >= 0.3 is 0 Å². The highest BCUT2D eigenvalue weighted by Crippen LogP contribution is 2.18. The summed E-state index contributed by atoms with van der Waals surface area (Å²) in [5, 5.41) is 10.2. The van der Waals surface area contributed by atoms with Crippen LogP contribution in [-0.4, -0.2) is 23.9 Å². The molecule has 0 aliphatic carbocycles. The molecule has 2 atom stereocenters. The predicted octanol–water partition coefficient (Wildman–Crippen LogP) is 1.91. The number of benzene rings is 1. The van der Waals surface area contributed by atoms with Crippen LogP contribution in [0.1, 0.15) is 25.8 Å². The highest BCUT2D eigenvalue weighted by Gasteiger charge is 2.27. The number of hydrogen-bond donors (Lipinski definition) is 2. The van der Waals surface area contributed by atoms with Crippen LogP contribution in [0.2, 0.25) is 0 Å². The van der Waals surface area contributed by atoms with Crippen molar-refractivity contribution >= 4 is 0 Å². The van der Waals surface area contributed by atoms with Crippen LogP contribution < -0.4 is 5.48 Å². The Morgan fingerprint density at radius 2 is 2.00 bits per heavy atom. The lowest BCUT2D eigenvalue weighted by Gasteiger charge is -2.30. The number of nitrogens with one attached hydrogen (secondary N) is 1. The monoisotopic (exact) mass is 223 g/mol. The summed E-state index contributed by atoms with van der Waals surface area (Å²) in [5.41, 5.74) is 3.24. The molecule has 1 aromatic carbocycles. The van der Waals surface area contributed by atoms with Crippen LogP contribution in [0.3, 0.4) is 0 Å². The molecule has 0 aromatic heterocycles. The van der Waals surface area contributed by atoms with Crippen molar-refractivity contribution < 1.29 is 9.94 Å². The molecule has 0 spiro atoms. The van der Waals surface area contributed by atoms with Crippen LogP contribution in [0.25, 0.3) is 0 Å². The Kier molecular flexibility index (Phi) is 4.93. The van der Waals surface area contributed by atoms with Gasteiger partial charge in [0, 0.05) is 0 Å². The molecule has 3 heteroatoms. The van der Waals surface area contributed by atoms with Gasteiger partial charge in [-0.25, -0.2) is 0 Å². The van der Waals surface area contributed by atoms with Gasteiger partial charge in [0.1, 0.15) is 0 Å². The maximum atomic E-state index is 10.2. The predicted molar refractivity (Wildman–Crippen MR) is 65.0 cm³/mol. The summed E-state index contributed by atoms with van der Waals surface area (Å²) in [6, 6.07) is 10.1. The van der Waals surface area contributed by atoms with Crippen molar-refractivity contribution in [2.75, 3.05) is 7.11 Å². The van der Waals surface area contributed by atoms with Gasteiger partial charge in [-0.2, -0.15) is 5.48 Å². The lowest BCUT2D eigenvalue weighted by atomic mass is 9.91. The molecule has 2 N–H and O–H groups in total. The lowest BCUT2D eigenvalue weighted by molar-refractivity contribution is -0.0463. The van der Waals surface area contributed by atoms with Crippen LogP contribution in [-0.2, 0) is 11.3 Å². The summed E-state index contributed by atoms with van der Waals surface area (Å²) in [5.74, 6) is 0. The minimum atomic E-state index is -0.772. The summed E-state index contributed by atoms with van der Waals surface area (Å²) >= 11 is 0. The second kappa shape index (κ2) is 5.99. The molecule has 0 bridgehead atoms. The molecule has 1 rings (SSSR count). The number of aryl methyl sites for hydroxylation is 1. The highest BCUT2D eigenvalue weighted by atomic mass is 16.6. The van der Waals surface area contributed by atoms with Crippen molar-refractivity contribution in [3.63, 3.8) is 0 Å². The summed E-state index contributed by atoms with van der Waals surface area (Å²) in [6.07, 6.45) is 1.57. The van der Waals surface area contributed by atoms with E-state index in [2.05, 4.69) is 17.6 Å². The Balaban J connectivity index is 2.47. The molecular formula is C13H21NO2. The molecule has 0 fully saturated rings. The van der Waals surface area contributed by atoms with Gasteiger partial charge in [-0.05, 0) is 32.3 Å².